The Labute approximate surface area is 188 Å². The van der Waals surface area contributed by atoms with Gasteiger partial charge in [0.1, 0.15) is 5.75 Å². The van der Waals surface area contributed by atoms with E-state index >= 15 is 0 Å². The first-order valence-electron chi connectivity index (χ1n) is 11.8. The van der Waals surface area contributed by atoms with Gasteiger partial charge in [-0.3, -0.25) is 9.89 Å². The summed E-state index contributed by atoms with van der Waals surface area (Å²) in [7, 11) is 5.78. The highest BCUT2D eigenvalue weighted by molar-refractivity contribution is 5.93. The lowest BCUT2D eigenvalue weighted by Crippen LogP contribution is -2.61. The molecule has 2 saturated heterocycles. The number of hydrogen-bond donors (Lipinski definition) is 2. The lowest BCUT2D eigenvalue weighted by Gasteiger charge is -2.50. The van der Waals surface area contributed by atoms with E-state index in [2.05, 4.69) is 32.5 Å². The fraction of sp³-hybridized carbons (Fsp3) is 0.708. The van der Waals surface area contributed by atoms with Crippen LogP contribution in [0.15, 0.2) is 29.3 Å². The summed E-state index contributed by atoms with van der Waals surface area (Å²) in [5.41, 5.74) is 1.20. The molecule has 0 amide bonds. The van der Waals surface area contributed by atoms with Gasteiger partial charge in [-0.15, -0.1) is 0 Å². The van der Waals surface area contributed by atoms with Crippen LogP contribution in [0.5, 0.6) is 5.75 Å². The van der Waals surface area contributed by atoms with Crippen LogP contribution in [0.3, 0.4) is 0 Å². The van der Waals surface area contributed by atoms with Crippen molar-refractivity contribution in [1.82, 2.24) is 15.1 Å². The van der Waals surface area contributed by atoms with Crippen LogP contribution in [0.2, 0.25) is 0 Å². The van der Waals surface area contributed by atoms with Crippen molar-refractivity contribution in [3.05, 3.63) is 24.3 Å². The summed E-state index contributed by atoms with van der Waals surface area (Å²) < 4.78 is 10.9. The van der Waals surface area contributed by atoms with Crippen LogP contribution < -0.4 is 15.4 Å². The minimum absolute atomic E-state index is 0.219. The van der Waals surface area contributed by atoms with Crippen LogP contribution in [0.4, 0.5) is 5.69 Å². The molecule has 1 aromatic rings. The van der Waals surface area contributed by atoms with Crippen LogP contribution in [-0.2, 0) is 4.74 Å². The third-order valence-electron chi connectivity index (χ3n) is 6.61. The van der Waals surface area contributed by atoms with E-state index in [0.717, 1.165) is 43.5 Å². The number of benzene rings is 1. The maximum atomic E-state index is 5.83. The number of rotatable bonds is 9. The topological polar surface area (TPSA) is 61.4 Å². The van der Waals surface area contributed by atoms with E-state index < -0.39 is 0 Å². The average Bonchev–Trinajstić information content (AvgIpc) is 2.81. The first kappa shape index (κ1) is 23.8. The first-order valence-corrected chi connectivity index (χ1v) is 11.8. The summed E-state index contributed by atoms with van der Waals surface area (Å²) in [5, 5.41) is 7.09. The number of nitrogens with zero attached hydrogens (tertiary/aromatic N) is 3. The van der Waals surface area contributed by atoms with Crippen molar-refractivity contribution < 1.29 is 9.47 Å². The normalized spacial score (nSPS) is 20.4. The molecule has 0 radical (unpaired) electrons. The van der Waals surface area contributed by atoms with E-state index in [1.165, 1.54) is 45.2 Å². The van der Waals surface area contributed by atoms with Gasteiger partial charge in [0.25, 0.3) is 0 Å². The molecule has 0 aromatic heterocycles. The predicted molar refractivity (Wildman–Crippen MR) is 128 cm³/mol. The van der Waals surface area contributed by atoms with E-state index in [1.54, 1.807) is 7.11 Å². The summed E-state index contributed by atoms with van der Waals surface area (Å²) in [6.07, 6.45) is 7.30. The second-order valence-corrected chi connectivity index (χ2v) is 8.85. The number of anilines is 1. The number of aliphatic imine (C=N–C) groups is 1. The van der Waals surface area contributed by atoms with Crippen molar-refractivity contribution in [2.24, 2.45) is 4.99 Å². The molecule has 2 heterocycles. The SMILES string of the molecule is CN=C(NCC1(N2CCCCC2)CCN(C)CC1)Nc1cccc(OCCCOC)c1. The van der Waals surface area contributed by atoms with Crippen LogP contribution in [0.25, 0.3) is 0 Å². The smallest absolute Gasteiger partial charge is 0.195 e. The van der Waals surface area contributed by atoms with Gasteiger partial charge in [0.2, 0.25) is 0 Å². The van der Waals surface area contributed by atoms with E-state index in [0.29, 0.717) is 13.2 Å². The number of likely N-dealkylation sites (tertiary alicyclic amines) is 2. The third kappa shape index (κ3) is 7.09. The molecule has 2 aliphatic rings. The molecule has 174 valence electrons. The van der Waals surface area contributed by atoms with Crippen molar-refractivity contribution in [1.29, 1.82) is 0 Å². The molecule has 31 heavy (non-hydrogen) atoms. The fourth-order valence-electron chi connectivity index (χ4n) is 4.63. The molecule has 0 unspecified atom stereocenters. The molecule has 0 saturated carbocycles. The van der Waals surface area contributed by atoms with E-state index in [9.17, 15) is 0 Å². The Kier molecular flexibility index (Phi) is 9.43. The Morgan fingerprint density at radius 3 is 2.58 bits per heavy atom. The van der Waals surface area contributed by atoms with Gasteiger partial charge in [-0.2, -0.15) is 0 Å². The summed E-state index contributed by atoms with van der Waals surface area (Å²) in [4.78, 5) is 9.68. The Morgan fingerprint density at radius 2 is 1.87 bits per heavy atom. The van der Waals surface area contributed by atoms with Crippen LogP contribution in [0.1, 0.15) is 38.5 Å². The summed E-state index contributed by atoms with van der Waals surface area (Å²) >= 11 is 0. The van der Waals surface area contributed by atoms with Gasteiger partial charge in [0.05, 0.1) is 6.61 Å². The molecule has 7 heteroatoms. The standard InChI is InChI=1S/C24H41N5O2/c1-25-23(27-21-9-7-10-22(19-21)31-18-8-17-30-3)26-20-24(11-15-28(2)16-12-24)29-13-5-4-6-14-29/h7,9-10,19H,4-6,8,11-18,20H2,1-3H3,(H2,25,26,27). The fourth-order valence-corrected chi connectivity index (χ4v) is 4.63. The summed E-state index contributed by atoms with van der Waals surface area (Å²) in [5.74, 6) is 1.67. The number of piperidine rings is 2. The molecule has 0 aliphatic carbocycles. The number of ether oxygens (including phenoxy) is 2. The maximum Gasteiger partial charge on any atom is 0.195 e. The van der Waals surface area contributed by atoms with Gasteiger partial charge in [-0.05, 0) is 71.0 Å². The Balaban J connectivity index is 1.58. The van der Waals surface area contributed by atoms with Crippen LogP contribution in [-0.4, -0.2) is 88.4 Å². The molecular formula is C24H41N5O2. The highest BCUT2D eigenvalue weighted by Gasteiger charge is 2.39. The largest absolute Gasteiger partial charge is 0.493 e. The van der Waals surface area contributed by atoms with Gasteiger partial charge in [-0.25, -0.2) is 0 Å². The first-order chi connectivity index (χ1) is 15.1. The third-order valence-corrected chi connectivity index (χ3v) is 6.61. The maximum absolute atomic E-state index is 5.83. The molecule has 2 fully saturated rings. The van der Waals surface area contributed by atoms with Crippen molar-refractivity contribution in [2.75, 3.05) is 72.5 Å². The number of hydrogen-bond acceptors (Lipinski definition) is 5. The zero-order valence-corrected chi connectivity index (χ0v) is 19.7. The van der Waals surface area contributed by atoms with Crippen molar-refractivity contribution in [3.63, 3.8) is 0 Å². The van der Waals surface area contributed by atoms with Crippen LogP contribution in [0, 0.1) is 0 Å². The molecular weight excluding hydrogens is 390 g/mol. The van der Waals surface area contributed by atoms with E-state index in [4.69, 9.17) is 9.47 Å². The molecule has 3 rings (SSSR count). The zero-order valence-electron chi connectivity index (χ0n) is 19.7. The zero-order chi connectivity index (χ0) is 21.9. The summed E-state index contributed by atoms with van der Waals surface area (Å²) in [6.45, 7) is 7.05. The van der Waals surface area contributed by atoms with E-state index in [-0.39, 0.29) is 5.54 Å². The second kappa shape index (κ2) is 12.3. The van der Waals surface area contributed by atoms with Gasteiger partial charge in [0.15, 0.2) is 5.96 Å². The van der Waals surface area contributed by atoms with Gasteiger partial charge >= 0.3 is 0 Å². The lowest BCUT2D eigenvalue weighted by atomic mass is 9.84. The van der Waals surface area contributed by atoms with Crippen molar-refractivity contribution >= 4 is 11.6 Å². The minimum atomic E-state index is 0.219. The number of nitrogens with one attached hydrogen (secondary N) is 2. The van der Waals surface area contributed by atoms with Gasteiger partial charge < -0.3 is 25.0 Å². The molecule has 0 bridgehead atoms. The Morgan fingerprint density at radius 1 is 1.10 bits per heavy atom. The number of methoxy groups -OCH3 is 1. The molecule has 2 aliphatic heterocycles. The quantitative estimate of drug-likeness (QED) is 0.356. The van der Waals surface area contributed by atoms with Crippen LogP contribution >= 0.6 is 0 Å². The Hall–Kier alpha value is -1.83. The monoisotopic (exact) mass is 431 g/mol. The minimum Gasteiger partial charge on any atom is -0.493 e. The second-order valence-electron chi connectivity index (χ2n) is 8.85. The predicted octanol–water partition coefficient (Wildman–Crippen LogP) is 3.04. The Bertz CT molecular complexity index is 682. The van der Waals surface area contributed by atoms with Gasteiger partial charge in [-0.1, -0.05) is 12.5 Å². The van der Waals surface area contributed by atoms with Crippen molar-refractivity contribution in [2.45, 2.75) is 44.1 Å². The highest BCUT2D eigenvalue weighted by atomic mass is 16.5. The van der Waals surface area contributed by atoms with E-state index in [1.807, 2.05) is 31.3 Å². The lowest BCUT2D eigenvalue weighted by molar-refractivity contribution is 0.0174. The molecule has 0 spiro atoms. The number of guanidine groups is 1. The van der Waals surface area contributed by atoms with Gasteiger partial charge in [0, 0.05) is 51.0 Å². The highest BCUT2D eigenvalue weighted by Crippen LogP contribution is 2.31. The molecule has 1 aromatic carbocycles. The average molecular weight is 432 g/mol. The summed E-state index contributed by atoms with van der Waals surface area (Å²) in [6, 6.07) is 8.06. The molecule has 2 N–H and O–H groups in total. The molecule has 7 nitrogen and oxygen atoms in total. The molecule has 0 atom stereocenters. The van der Waals surface area contributed by atoms with Crippen molar-refractivity contribution in [3.8, 4) is 5.75 Å².